The monoisotopic (exact) mass is 290 g/mol. The Morgan fingerprint density at radius 3 is 2.75 bits per heavy atom. The molecule has 1 amide bonds. The van der Waals surface area contributed by atoms with E-state index in [1.54, 1.807) is 18.2 Å². The van der Waals surface area contributed by atoms with Crippen LogP contribution in [0, 0.1) is 6.92 Å². The van der Waals surface area contributed by atoms with Gasteiger partial charge in [-0.15, -0.1) is 0 Å². The van der Waals surface area contributed by atoms with Gasteiger partial charge in [-0.1, -0.05) is 17.7 Å². The molecule has 0 radical (unpaired) electrons. The van der Waals surface area contributed by atoms with Gasteiger partial charge in [0.05, 0.1) is 5.56 Å². The first-order valence-corrected chi connectivity index (χ1v) is 6.12. The van der Waals surface area contributed by atoms with Crippen LogP contribution >= 0.6 is 11.6 Å². The van der Waals surface area contributed by atoms with E-state index in [1.807, 2.05) is 6.92 Å². The molecule has 2 rings (SSSR count). The van der Waals surface area contributed by atoms with E-state index in [0.717, 1.165) is 5.56 Å². The highest BCUT2D eigenvalue weighted by Crippen LogP contribution is 2.21. The van der Waals surface area contributed by atoms with Crippen molar-refractivity contribution in [3.8, 4) is 0 Å². The standard InChI is InChI=1S/C14H11ClN2O3/c1-8-4-5-9(15)7-11(8)17-13(18)12-10(14(19)20)3-2-6-16-12/h2-7H,1H3,(H,17,18)(H,19,20). The molecule has 5 nitrogen and oxygen atoms in total. The summed E-state index contributed by atoms with van der Waals surface area (Å²) in [4.78, 5) is 27.0. The third-order valence-corrected chi connectivity index (χ3v) is 2.94. The first kappa shape index (κ1) is 14.0. The molecule has 2 N–H and O–H groups in total. The van der Waals surface area contributed by atoms with Gasteiger partial charge in [0.15, 0.2) is 0 Å². The number of nitrogens with zero attached hydrogens (tertiary/aromatic N) is 1. The van der Waals surface area contributed by atoms with Crippen molar-refractivity contribution in [1.29, 1.82) is 0 Å². The number of benzene rings is 1. The molecule has 0 aliphatic rings. The first-order chi connectivity index (χ1) is 9.49. The Morgan fingerprint density at radius 2 is 2.05 bits per heavy atom. The Labute approximate surface area is 120 Å². The van der Waals surface area contributed by atoms with Crippen LogP contribution in [0.5, 0.6) is 0 Å². The summed E-state index contributed by atoms with van der Waals surface area (Å²) < 4.78 is 0. The molecule has 1 aromatic carbocycles. The van der Waals surface area contributed by atoms with Crippen molar-refractivity contribution in [2.45, 2.75) is 6.92 Å². The Balaban J connectivity index is 2.33. The summed E-state index contributed by atoms with van der Waals surface area (Å²) in [5, 5.41) is 12.1. The van der Waals surface area contributed by atoms with E-state index < -0.39 is 11.9 Å². The smallest absolute Gasteiger partial charge is 0.338 e. The number of amides is 1. The number of nitrogens with one attached hydrogen (secondary N) is 1. The van der Waals surface area contributed by atoms with Gasteiger partial charge >= 0.3 is 5.97 Å². The maximum Gasteiger partial charge on any atom is 0.338 e. The average Bonchev–Trinajstić information content (AvgIpc) is 2.42. The van der Waals surface area contributed by atoms with Crippen LogP contribution in [0.25, 0.3) is 0 Å². The molecule has 0 aliphatic carbocycles. The zero-order valence-electron chi connectivity index (χ0n) is 10.6. The SMILES string of the molecule is Cc1ccc(Cl)cc1NC(=O)c1ncccc1C(=O)O. The number of halogens is 1. The molecule has 0 saturated carbocycles. The van der Waals surface area contributed by atoms with Crippen LogP contribution in [0.4, 0.5) is 5.69 Å². The molecule has 6 heteroatoms. The van der Waals surface area contributed by atoms with Crippen molar-refractivity contribution in [3.63, 3.8) is 0 Å². The number of pyridine rings is 1. The second-order valence-electron chi connectivity index (χ2n) is 4.12. The summed E-state index contributed by atoms with van der Waals surface area (Å²) in [6.07, 6.45) is 1.37. The molecule has 1 heterocycles. The van der Waals surface area contributed by atoms with E-state index in [2.05, 4.69) is 10.3 Å². The summed E-state index contributed by atoms with van der Waals surface area (Å²) in [7, 11) is 0. The lowest BCUT2D eigenvalue weighted by molar-refractivity contribution is 0.0691. The van der Waals surface area contributed by atoms with Crippen LogP contribution in [0.15, 0.2) is 36.5 Å². The van der Waals surface area contributed by atoms with E-state index in [-0.39, 0.29) is 11.3 Å². The van der Waals surface area contributed by atoms with Gasteiger partial charge in [-0.25, -0.2) is 4.79 Å². The molecule has 0 aliphatic heterocycles. The number of carboxylic acids is 1. The molecule has 102 valence electrons. The summed E-state index contributed by atoms with van der Waals surface area (Å²) in [5.74, 6) is -1.79. The predicted octanol–water partition coefficient (Wildman–Crippen LogP) is 2.99. The second-order valence-corrected chi connectivity index (χ2v) is 4.55. The van der Waals surface area contributed by atoms with Gasteiger partial charge in [-0.3, -0.25) is 9.78 Å². The van der Waals surface area contributed by atoms with Crippen molar-refractivity contribution in [2.24, 2.45) is 0 Å². The van der Waals surface area contributed by atoms with E-state index in [1.165, 1.54) is 18.3 Å². The fourth-order valence-electron chi connectivity index (χ4n) is 1.67. The maximum absolute atomic E-state index is 12.1. The molecule has 2 aromatic rings. The quantitative estimate of drug-likeness (QED) is 0.911. The minimum Gasteiger partial charge on any atom is -0.478 e. The third-order valence-electron chi connectivity index (χ3n) is 2.70. The van der Waals surface area contributed by atoms with Crippen LogP contribution in [-0.4, -0.2) is 22.0 Å². The van der Waals surface area contributed by atoms with Gasteiger partial charge in [-0.2, -0.15) is 0 Å². The molecule has 0 fully saturated rings. The molecule has 0 spiro atoms. The zero-order valence-corrected chi connectivity index (χ0v) is 11.3. The van der Waals surface area contributed by atoms with Crippen LogP contribution in [-0.2, 0) is 0 Å². The van der Waals surface area contributed by atoms with Gasteiger partial charge in [0.25, 0.3) is 5.91 Å². The lowest BCUT2D eigenvalue weighted by Crippen LogP contribution is -2.18. The number of hydrogen-bond acceptors (Lipinski definition) is 3. The summed E-state index contributed by atoms with van der Waals surface area (Å²) in [6, 6.07) is 7.85. The number of rotatable bonds is 3. The van der Waals surface area contributed by atoms with E-state index in [9.17, 15) is 9.59 Å². The first-order valence-electron chi connectivity index (χ1n) is 5.75. The summed E-state index contributed by atoms with van der Waals surface area (Å²) >= 11 is 5.87. The van der Waals surface area contributed by atoms with Gasteiger partial charge in [0.1, 0.15) is 5.69 Å². The molecule has 0 saturated heterocycles. The van der Waals surface area contributed by atoms with E-state index in [0.29, 0.717) is 10.7 Å². The average molecular weight is 291 g/mol. The molecule has 1 aromatic heterocycles. The van der Waals surface area contributed by atoms with Gasteiger partial charge in [-0.05, 0) is 36.8 Å². The highest BCUT2D eigenvalue weighted by molar-refractivity contribution is 6.31. The minimum atomic E-state index is -1.20. The van der Waals surface area contributed by atoms with Gasteiger partial charge < -0.3 is 10.4 Å². The molecule has 0 unspecified atom stereocenters. The van der Waals surface area contributed by atoms with Crippen molar-refractivity contribution in [3.05, 3.63) is 58.4 Å². The second kappa shape index (κ2) is 5.71. The van der Waals surface area contributed by atoms with Crippen molar-refractivity contribution in [1.82, 2.24) is 4.98 Å². The lowest BCUT2D eigenvalue weighted by atomic mass is 10.1. The summed E-state index contributed by atoms with van der Waals surface area (Å²) in [6.45, 7) is 1.81. The Hall–Kier alpha value is -2.40. The number of carbonyl (C=O) groups excluding carboxylic acids is 1. The number of aromatic nitrogens is 1. The predicted molar refractivity (Wildman–Crippen MR) is 75.3 cm³/mol. The minimum absolute atomic E-state index is 0.139. The molecular formula is C14H11ClN2O3. The highest BCUT2D eigenvalue weighted by Gasteiger charge is 2.18. The van der Waals surface area contributed by atoms with Crippen molar-refractivity contribution >= 4 is 29.2 Å². The Morgan fingerprint density at radius 1 is 1.30 bits per heavy atom. The fraction of sp³-hybridized carbons (Fsp3) is 0.0714. The zero-order chi connectivity index (χ0) is 14.7. The van der Waals surface area contributed by atoms with Crippen LogP contribution in [0.2, 0.25) is 5.02 Å². The van der Waals surface area contributed by atoms with Gasteiger partial charge in [0.2, 0.25) is 0 Å². The van der Waals surface area contributed by atoms with Crippen LogP contribution in [0.1, 0.15) is 26.4 Å². The molecule has 0 bridgehead atoms. The lowest BCUT2D eigenvalue weighted by Gasteiger charge is -2.09. The number of carbonyl (C=O) groups is 2. The largest absolute Gasteiger partial charge is 0.478 e. The van der Waals surface area contributed by atoms with Crippen LogP contribution in [0.3, 0.4) is 0 Å². The normalized spacial score (nSPS) is 10.1. The number of aromatic carboxylic acids is 1. The third kappa shape index (κ3) is 2.95. The molecule has 0 atom stereocenters. The Bertz CT molecular complexity index is 686. The fourth-order valence-corrected chi connectivity index (χ4v) is 1.84. The number of carboxylic acid groups (broad SMARTS) is 1. The van der Waals surface area contributed by atoms with Crippen LogP contribution < -0.4 is 5.32 Å². The molecular weight excluding hydrogens is 280 g/mol. The Kier molecular flexibility index (Phi) is 4.00. The van der Waals surface area contributed by atoms with Crippen molar-refractivity contribution < 1.29 is 14.7 Å². The number of hydrogen-bond donors (Lipinski definition) is 2. The summed E-state index contributed by atoms with van der Waals surface area (Å²) in [5.41, 5.74) is 1.05. The maximum atomic E-state index is 12.1. The van der Waals surface area contributed by atoms with E-state index >= 15 is 0 Å². The van der Waals surface area contributed by atoms with Crippen molar-refractivity contribution in [2.75, 3.05) is 5.32 Å². The van der Waals surface area contributed by atoms with Gasteiger partial charge in [0, 0.05) is 16.9 Å². The number of aryl methyl sites for hydroxylation is 1. The van der Waals surface area contributed by atoms with E-state index in [4.69, 9.17) is 16.7 Å². The highest BCUT2D eigenvalue weighted by atomic mass is 35.5. The number of anilines is 1. The topological polar surface area (TPSA) is 79.3 Å². The molecule has 20 heavy (non-hydrogen) atoms.